The summed E-state index contributed by atoms with van der Waals surface area (Å²) in [7, 11) is 1.87. The summed E-state index contributed by atoms with van der Waals surface area (Å²) in [5.74, 6) is 0. The maximum atomic E-state index is 3.74. The molecule has 0 aromatic heterocycles. The summed E-state index contributed by atoms with van der Waals surface area (Å²) in [6.45, 7) is 11.3. The number of allylic oxidation sites excluding steroid dienone is 3. The Balaban J connectivity index is 4.38. The molecule has 0 unspecified atom stereocenters. The molecule has 2 nitrogen and oxygen atoms in total. The number of hydrogen-bond donors (Lipinski definition) is 2. The third-order valence-electron chi connectivity index (χ3n) is 1.33. The molecule has 2 heteroatoms. The van der Waals surface area contributed by atoms with E-state index < -0.39 is 0 Å². The van der Waals surface area contributed by atoms with Crippen molar-refractivity contribution < 1.29 is 0 Å². The van der Waals surface area contributed by atoms with Gasteiger partial charge in [0.1, 0.15) is 0 Å². The molecule has 0 saturated carbocycles. The number of hydrogen-bond acceptors (Lipinski definition) is 2. The second kappa shape index (κ2) is 4.61. The predicted molar refractivity (Wildman–Crippen MR) is 49.9 cm³/mol. The molecule has 0 amide bonds. The van der Waals surface area contributed by atoms with E-state index in [0.717, 1.165) is 17.1 Å². The zero-order valence-corrected chi connectivity index (χ0v) is 7.49. The third-order valence-corrected chi connectivity index (χ3v) is 1.33. The Morgan fingerprint density at radius 2 is 1.91 bits per heavy atom. The van der Waals surface area contributed by atoms with Crippen molar-refractivity contribution in [2.24, 2.45) is 0 Å². The van der Waals surface area contributed by atoms with Gasteiger partial charge in [0.05, 0.1) is 5.70 Å². The van der Waals surface area contributed by atoms with Crippen molar-refractivity contribution >= 4 is 0 Å². The molecular formula is C9H16N2. The van der Waals surface area contributed by atoms with Crippen LogP contribution in [0.4, 0.5) is 0 Å². The van der Waals surface area contributed by atoms with Crippen molar-refractivity contribution in [1.82, 2.24) is 10.6 Å². The topological polar surface area (TPSA) is 24.1 Å². The smallest absolute Gasteiger partial charge is 0.0565 e. The maximum absolute atomic E-state index is 3.74. The maximum Gasteiger partial charge on any atom is 0.0565 e. The molecular weight excluding hydrogens is 136 g/mol. The van der Waals surface area contributed by atoms with Crippen LogP contribution in [-0.2, 0) is 0 Å². The normalized spacial score (nSPS) is 11.5. The van der Waals surface area contributed by atoms with E-state index in [1.165, 1.54) is 0 Å². The monoisotopic (exact) mass is 152 g/mol. The van der Waals surface area contributed by atoms with Gasteiger partial charge in [-0.2, -0.15) is 0 Å². The van der Waals surface area contributed by atoms with E-state index in [4.69, 9.17) is 0 Å². The van der Waals surface area contributed by atoms with Gasteiger partial charge in [-0.1, -0.05) is 13.2 Å². The van der Waals surface area contributed by atoms with Gasteiger partial charge in [-0.3, -0.25) is 0 Å². The molecule has 0 aliphatic carbocycles. The summed E-state index contributed by atoms with van der Waals surface area (Å²) in [6, 6.07) is 0. The number of nitrogens with one attached hydrogen (secondary N) is 2. The van der Waals surface area contributed by atoms with Crippen LogP contribution in [0.5, 0.6) is 0 Å². The van der Waals surface area contributed by atoms with Crippen LogP contribution in [0.25, 0.3) is 0 Å². The highest BCUT2D eigenvalue weighted by molar-refractivity contribution is 5.22. The van der Waals surface area contributed by atoms with Gasteiger partial charge in [0, 0.05) is 18.4 Å². The van der Waals surface area contributed by atoms with Crippen LogP contribution in [0.2, 0.25) is 0 Å². The number of rotatable bonds is 4. The first-order valence-corrected chi connectivity index (χ1v) is 3.55. The first kappa shape index (κ1) is 9.82. The Hall–Kier alpha value is -1.18. The van der Waals surface area contributed by atoms with Crippen molar-refractivity contribution in [1.29, 1.82) is 0 Å². The van der Waals surface area contributed by atoms with Gasteiger partial charge >= 0.3 is 0 Å². The van der Waals surface area contributed by atoms with Gasteiger partial charge in [-0.05, 0) is 19.9 Å². The zero-order chi connectivity index (χ0) is 8.85. The molecule has 11 heavy (non-hydrogen) atoms. The van der Waals surface area contributed by atoms with Gasteiger partial charge in [-0.25, -0.2) is 0 Å². The van der Waals surface area contributed by atoms with E-state index in [9.17, 15) is 0 Å². The molecule has 0 rings (SSSR count). The van der Waals surface area contributed by atoms with Crippen LogP contribution < -0.4 is 10.6 Å². The van der Waals surface area contributed by atoms with Crippen LogP contribution in [0.15, 0.2) is 36.3 Å². The Kier molecular flexibility index (Phi) is 4.11. The summed E-state index contributed by atoms with van der Waals surface area (Å²) >= 11 is 0. The molecule has 0 aliphatic rings. The van der Waals surface area contributed by atoms with Crippen LogP contribution >= 0.6 is 0 Å². The molecule has 0 spiro atoms. The second-order valence-corrected chi connectivity index (χ2v) is 2.40. The molecule has 0 saturated heterocycles. The van der Waals surface area contributed by atoms with Crippen molar-refractivity contribution in [3.8, 4) is 0 Å². The predicted octanol–water partition coefficient (Wildman–Crippen LogP) is 1.75. The van der Waals surface area contributed by atoms with E-state index >= 15 is 0 Å². The largest absolute Gasteiger partial charge is 0.390 e. The van der Waals surface area contributed by atoms with E-state index in [0.29, 0.717) is 0 Å². The SMILES string of the molecule is C=C/C(NC(=C)C)=C(\C)NC. The third kappa shape index (κ3) is 3.50. The molecule has 0 aromatic carbocycles. The molecule has 62 valence electrons. The zero-order valence-electron chi connectivity index (χ0n) is 7.49. The Labute approximate surface area is 68.7 Å². The standard InChI is InChI=1S/C9H16N2/c1-6-9(8(4)10-5)11-7(2)3/h6,10-11H,1-2H2,3-5H3/b9-8-. The summed E-state index contributed by atoms with van der Waals surface area (Å²) in [6.07, 6.45) is 1.76. The lowest BCUT2D eigenvalue weighted by molar-refractivity contribution is 0.902. The lowest BCUT2D eigenvalue weighted by Gasteiger charge is -2.09. The highest BCUT2D eigenvalue weighted by Crippen LogP contribution is 1.99. The van der Waals surface area contributed by atoms with Gasteiger partial charge in [0.2, 0.25) is 0 Å². The Bertz CT molecular complexity index is 190. The average molecular weight is 152 g/mol. The van der Waals surface area contributed by atoms with Gasteiger partial charge in [0.15, 0.2) is 0 Å². The molecule has 0 heterocycles. The second-order valence-electron chi connectivity index (χ2n) is 2.40. The van der Waals surface area contributed by atoms with Crippen molar-refractivity contribution in [3.05, 3.63) is 36.3 Å². The fourth-order valence-corrected chi connectivity index (χ4v) is 0.662. The molecule has 0 radical (unpaired) electrons. The van der Waals surface area contributed by atoms with E-state index in [2.05, 4.69) is 23.8 Å². The van der Waals surface area contributed by atoms with Crippen LogP contribution in [0.1, 0.15) is 13.8 Å². The minimum Gasteiger partial charge on any atom is -0.390 e. The Morgan fingerprint density at radius 3 is 2.18 bits per heavy atom. The van der Waals surface area contributed by atoms with Gasteiger partial charge in [-0.15, -0.1) is 0 Å². The van der Waals surface area contributed by atoms with Crippen LogP contribution in [0, 0.1) is 0 Å². The van der Waals surface area contributed by atoms with E-state index in [-0.39, 0.29) is 0 Å². The Morgan fingerprint density at radius 1 is 1.36 bits per heavy atom. The lowest BCUT2D eigenvalue weighted by Crippen LogP contribution is -2.15. The highest BCUT2D eigenvalue weighted by atomic mass is 14.9. The van der Waals surface area contributed by atoms with Crippen LogP contribution in [-0.4, -0.2) is 7.05 Å². The minimum absolute atomic E-state index is 0.912. The lowest BCUT2D eigenvalue weighted by atomic mass is 10.3. The molecule has 0 aromatic rings. The highest BCUT2D eigenvalue weighted by Gasteiger charge is 1.94. The van der Waals surface area contributed by atoms with Gasteiger partial charge < -0.3 is 10.6 Å². The summed E-state index contributed by atoms with van der Waals surface area (Å²) in [5.41, 5.74) is 2.94. The van der Waals surface area contributed by atoms with Gasteiger partial charge in [0.25, 0.3) is 0 Å². The molecule has 0 bridgehead atoms. The summed E-state index contributed by atoms with van der Waals surface area (Å²) < 4.78 is 0. The molecule has 2 N–H and O–H groups in total. The summed E-state index contributed by atoms with van der Waals surface area (Å²) in [4.78, 5) is 0. The first-order chi connectivity index (χ1) is 5.11. The van der Waals surface area contributed by atoms with Crippen molar-refractivity contribution in [2.75, 3.05) is 7.05 Å². The minimum atomic E-state index is 0.912. The molecule has 0 fully saturated rings. The summed E-state index contributed by atoms with van der Waals surface area (Å²) in [5, 5.41) is 6.11. The quantitative estimate of drug-likeness (QED) is 0.600. The average Bonchev–Trinajstić information content (AvgIpc) is 1.98. The fourth-order valence-electron chi connectivity index (χ4n) is 0.662. The van der Waals surface area contributed by atoms with Crippen molar-refractivity contribution in [2.45, 2.75) is 13.8 Å². The van der Waals surface area contributed by atoms with Crippen LogP contribution in [0.3, 0.4) is 0 Å². The van der Waals surface area contributed by atoms with E-state index in [1.54, 1.807) is 6.08 Å². The van der Waals surface area contributed by atoms with Crippen molar-refractivity contribution in [3.63, 3.8) is 0 Å². The molecule has 0 atom stereocenters. The fraction of sp³-hybridized carbons (Fsp3) is 0.333. The van der Waals surface area contributed by atoms with E-state index in [1.807, 2.05) is 20.9 Å². The molecule has 0 aliphatic heterocycles. The first-order valence-electron chi connectivity index (χ1n) is 3.55.